The number of aromatic nitrogens is 1. The molecule has 0 saturated heterocycles. The minimum absolute atomic E-state index is 0.0661. The van der Waals surface area contributed by atoms with Crippen LogP contribution < -0.4 is 5.73 Å². The van der Waals surface area contributed by atoms with Crippen molar-refractivity contribution in [3.05, 3.63) is 40.4 Å². The van der Waals surface area contributed by atoms with Crippen LogP contribution in [-0.4, -0.2) is 4.98 Å². The van der Waals surface area contributed by atoms with Gasteiger partial charge in [-0.15, -0.1) is 11.3 Å². The number of alkyl halides is 3. The number of thiazole rings is 1. The highest BCUT2D eigenvalue weighted by Crippen LogP contribution is 2.36. The van der Waals surface area contributed by atoms with E-state index in [1.54, 1.807) is 0 Å². The van der Waals surface area contributed by atoms with Crippen molar-refractivity contribution in [2.45, 2.75) is 28.9 Å². The summed E-state index contributed by atoms with van der Waals surface area (Å²) in [6.45, 7) is 1.94. The van der Waals surface area contributed by atoms with Gasteiger partial charge in [0, 0.05) is 22.5 Å². The van der Waals surface area contributed by atoms with Crippen LogP contribution in [0.2, 0.25) is 0 Å². The maximum atomic E-state index is 12.6. The first kappa shape index (κ1) is 14.4. The summed E-state index contributed by atoms with van der Waals surface area (Å²) in [5.74, 6) is 0. The molecule has 0 fully saturated rings. The third kappa shape index (κ3) is 3.49. The molecule has 0 amide bonds. The SMILES string of the molecule is Cc1csc(Sc2ccc(C(F)(F)F)cc2CN)n1. The van der Waals surface area contributed by atoms with E-state index >= 15 is 0 Å². The molecule has 19 heavy (non-hydrogen) atoms. The summed E-state index contributed by atoms with van der Waals surface area (Å²) < 4.78 is 38.6. The van der Waals surface area contributed by atoms with Crippen molar-refractivity contribution in [1.82, 2.24) is 4.98 Å². The Morgan fingerprint density at radius 1 is 1.37 bits per heavy atom. The highest BCUT2D eigenvalue weighted by Gasteiger charge is 2.30. The van der Waals surface area contributed by atoms with Crippen LogP contribution in [0.4, 0.5) is 13.2 Å². The van der Waals surface area contributed by atoms with Gasteiger partial charge >= 0.3 is 6.18 Å². The van der Waals surface area contributed by atoms with Crippen molar-refractivity contribution in [1.29, 1.82) is 0 Å². The normalized spacial score (nSPS) is 11.8. The van der Waals surface area contributed by atoms with E-state index in [0.717, 1.165) is 22.2 Å². The summed E-state index contributed by atoms with van der Waals surface area (Å²) in [5, 5.41) is 1.90. The second kappa shape index (κ2) is 5.52. The summed E-state index contributed by atoms with van der Waals surface area (Å²) in [6, 6.07) is 3.62. The predicted octanol–water partition coefficient (Wildman–Crippen LogP) is 4.08. The van der Waals surface area contributed by atoms with Crippen molar-refractivity contribution in [2.24, 2.45) is 5.73 Å². The monoisotopic (exact) mass is 304 g/mol. The molecule has 0 aliphatic rings. The molecule has 0 aliphatic heterocycles. The lowest BCUT2D eigenvalue weighted by molar-refractivity contribution is -0.137. The number of nitrogens with two attached hydrogens (primary N) is 1. The van der Waals surface area contributed by atoms with Crippen LogP contribution in [0.1, 0.15) is 16.8 Å². The quantitative estimate of drug-likeness (QED) is 0.928. The van der Waals surface area contributed by atoms with Crippen LogP contribution in [0.25, 0.3) is 0 Å². The van der Waals surface area contributed by atoms with Crippen molar-refractivity contribution < 1.29 is 13.2 Å². The minimum Gasteiger partial charge on any atom is -0.326 e. The Kier molecular flexibility index (Phi) is 4.17. The molecule has 2 nitrogen and oxygen atoms in total. The van der Waals surface area contributed by atoms with Crippen molar-refractivity contribution in [3.8, 4) is 0 Å². The Labute approximate surface area is 116 Å². The first-order valence-electron chi connectivity index (χ1n) is 5.40. The molecule has 102 valence electrons. The maximum absolute atomic E-state index is 12.6. The first-order valence-corrected chi connectivity index (χ1v) is 7.10. The fourth-order valence-electron chi connectivity index (χ4n) is 1.49. The lowest BCUT2D eigenvalue weighted by Crippen LogP contribution is -2.07. The molecular formula is C12H11F3N2S2. The maximum Gasteiger partial charge on any atom is 0.416 e. The summed E-state index contributed by atoms with van der Waals surface area (Å²) in [4.78, 5) is 4.98. The van der Waals surface area contributed by atoms with Gasteiger partial charge in [-0.2, -0.15) is 13.2 Å². The lowest BCUT2D eigenvalue weighted by atomic mass is 10.1. The van der Waals surface area contributed by atoms with Crippen LogP contribution in [0.3, 0.4) is 0 Å². The highest BCUT2D eigenvalue weighted by molar-refractivity contribution is 8.01. The van der Waals surface area contributed by atoms with E-state index in [4.69, 9.17) is 5.73 Å². The predicted molar refractivity (Wildman–Crippen MR) is 70.3 cm³/mol. The molecule has 0 spiro atoms. The molecule has 1 aromatic heterocycles. The van der Waals surface area contributed by atoms with Crippen molar-refractivity contribution >= 4 is 23.1 Å². The number of hydrogen-bond donors (Lipinski definition) is 1. The zero-order valence-corrected chi connectivity index (χ0v) is 11.6. The smallest absolute Gasteiger partial charge is 0.326 e. The average Bonchev–Trinajstić information content (AvgIpc) is 2.74. The summed E-state index contributed by atoms with van der Waals surface area (Å²) in [5.41, 5.74) is 6.23. The van der Waals surface area contributed by atoms with Gasteiger partial charge in [0.1, 0.15) is 0 Å². The molecule has 2 rings (SSSR count). The second-order valence-electron chi connectivity index (χ2n) is 3.88. The van der Waals surface area contributed by atoms with E-state index in [-0.39, 0.29) is 6.54 Å². The van der Waals surface area contributed by atoms with Crippen LogP contribution in [0.5, 0.6) is 0 Å². The third-order valence-corrected chi connectivity index (χ3v) is 4.58. The van der Waals surface area contributed by atoms with Crippen molar-refractivity contribution in [3.63, 3.8) is 0 Å². The topological polar surface area (TPSA) is 38.9 Å². The molecule has 0 atom stereocenters. The Balaban J connectivity index is 2.31. The minimum atomic E-state index is -4.34. The largest absolute Gasteiger partial charge is 0.416 e. The summed E-state index contributed by atoms with van der Waals surface area (Å²) in [7, 11) is 0. The standard InChI is InChI=1S/C12H11F3N2S2/c1-7-6-18-11(17-7)19-10-3-2-9(12(13,14)15)4-8(10)5-16/h2-4,6H,5,16H2,1H3. The lowest BCUT2D eigenvalue weighted by Gasteiger charge is -2.11. The number of hydrogen-bond acceptors (Lipinski definition) is 4. The van der Waals surface area contributed by atoms with E-state index in [1.165, 1.54) is 29.2 Å². The van der Waals surface area contributed by atoms with E-state index in [2.05, 4.69) is 4.98 Å². The van der Waals surface area contributed by atoms with Crippen LogP contribution in [0.15, 0.2) is 32.8 Å². The molecule has 0 saturated carbocycles. The molecule has 7 heteroatoms. The number of benzene rings is 1. The molecular weight excluding hydrogens is 293 g/mol. The van der Waals surface area contributed by atoms with E-state index in [9.17, 15) is 13.2 Å². The Morgan fingerprint density at radius 2 is 2.11 bits per heavy atom. The van der Waals surface area contributed by atoms with Crippen LogP contribution >= 0.6 is 23.1 Å². The number of aryl methyl sites for hydroxylation is 1. The van der Waals surface area contributed by atoms with Crippen molar-refractivity contribution in [2.75, 3.05) is 0 Å². The average molecular weight is 304 g/mol. The van der Waals surface area contributed by atoms with Gasteiger partial charge in [0.25, 0.3) is 0 Å². The summed E-state index contributed by atoms with van der Waals surface area (Å²) in [6.07, 6.45) is -4.34. The van der Waals surface area contributed by atoms with Gasteiger partial charge in [0.05, 0.1) is 5.56 Å². The van der Waals surface area contributed by atoms with Gasteiger partial charge in [0.15, 0.2) is 4.34 Å². The molecule has 1 aromatic carbocycles. The highest BCUT2D eigenvalue weighted by atomic mass is 32.2. The van der Waals surface area contributed by atoms with E-state index in [1.807, 2.05) is 12.3 Å². The first-order chi connectivity index (χ1) is 8.90. The molecule has 0 radical (unpaired) electrons. The Hall–Kier alpha value is -1.05. The fourth-order valence-corrected chi connectivity index (χ4v) is 3.40. The molecule has 0 aliphatic carbocycles. The van der Waals surface area contributed by atoms with E-state index in [0.29, 0.717) is 10.5 Å². The Morgan fingerprint density at radius 3 is 2.63 bits per heavy atom. The fraction of sp³-hybridized carbons (Fsp3) is 0.250. The number of rotatable bonds is 3. The molecule has 0 bridgehead atoms. The van der Waals surface area contributed by atoms with Gasteiger partial charge in [-0.05, 0) is 30.7 Å². The van der Waals surface area contributed by atoms with Crippen LogP contribution in [0, 0.1) is 6.92 Å². The second-order valence-corrected chi connectivity index (χ2v) is 6.03. The van der Waals surface area contributed by atoms with Gasteiger partial charge in [-0.25, -0.2) is 4.98 Å². The molecule has 2 aromatic rings. The Bertz CT molecular complexity index is 579. The zero-order valence-electron chi connectivity index (χ0n) is 9.99. The van der Waals surface area contributed by atoms with Gasteiger partial charge in [0.2, 0.25) is 0 Å². The van der Waals surface area contributed by atoms with Gasteiger partial charge in [-0.1, -0.05) is 11.8 Å². The zero-order chi connectivity index (χ0) is 14.0. The summed E-state index contributed by atoms with van der Waals surface area (Å²) >= 11 is 2.80. The van der Waals surface area contributed by atoms with Gasteiger partial charge < -0.3 is 5.73 Å². The molecule has 0 unspecified atom stereocenters. The number of halogens is 3. The van der Waals surface area contributed by atoms with Gasteiger partial charge in [-0.3, -0.25) is 0 Å². The third-order valence-electron chi connectivity index (χ3n) is 2.40. The molecule has 2 N–H and O–H groups in total. The van der Waals surface area contributed by atoms with E-state index < -0.39 is 11.7 Å². The number of nitrogens with zero attached hydrogens (tertiary/aromatic N) is 1. The van der Waals surface area contributed by atoms with Crippen LogP contribution in [-0.2, 0) is 12.7 Å². The molecule has 1 heterocycles.